The summed E-state index contributed by atoms with van der Waals surface area (Å²) < 4.78 is 81.8. The highest BCUT2D eigenvalue weighted by Gasteiger charge is 2.41. The average Bonchev–Trinajstić information content (AvgIpc) is 3.45. The van der Waals surface area contributed by atoms with Crippen molar-refractivity contribution in [2.45, 2.75) is 44.1 Å². The maximum Gasteiger partial charge on any atom is 0.436 e. The lowest BCUT2D eigenvalue weighted by molar-refractivity contribution is -0.153. The quantitative estimate of drug-likeness (QED) is 0.427. The number of ether oxygens (including phenoxy) is 1. The second-order valence-electron chi connectivity index (χ2n) is 7.08. The highest BCUT2D eigenvalue weighted by Crippen LogP contribution is 2.46. The van der Waals surface area contributed by atoms with Gasteiger partial charge in [0.1, 0.15) is 5.75 Å². The molecule has 1 aromatic carbocycles. The van der Waals surface area contributed by atoms with Crippen LogP contribution in [0.2, 0.25) is 5.02 Å². The Morgan fingerprint density at radius 3 is 2.55 bits per heavy atom. The summed E-state index contributed by atoms with van der Waals surface area (Å²) in [7, 11) is 0. The van der Waals surface area contributed by atoms with Gasteiger partial charge in [0.05, 0.1) is 10.7 Å². The number of hydrogen-bond donors (Lipinski definition) is 1. The van der Waals surface area contributed by atoms with Gasteiger partial charge in [-0.15, -0.1) is 0 Å². The molecule has 1 amide bonds. The lowest BCUT2D eigenvalue weighted by Crippen LogP contribution is -2.25. The van der Waals surface area contributed by atoms with Crippen LogP contribution in [0.4, 0.5) is 26.3 Å². The topological polar surface area (TPSA) is 56.2 Å². The van der Waals surface area contributed by atoms with Crippen LogP contribution in [0.3, 0.4) is 0 Å². The Kier molecular flexibility index (Phi) is 6.73. The van der Waals surface area contributed by atoms with Gasteiger partial charge >= 0.3 is 12.4 Å². The Morgan fingerprint density at radius 2 is 1.94 bits per heavy atom. The molecule has 2 aromatic rings. The van der Waals surface area contributed by atoms with Crippen LogP contribution >= 0.6 is 11.6 Å². The van der Waals surface area contributed by atoms with Crippen LogP contribution < -0.4 is 10.1 Å². The van der Waals surface area contributed by atoms with Gasteiger partial charge in [0.2, 0.25) is 0 Å². The second kappa shape index (κ2) is 8.97. The van der Waals surface area contributed by atoms with E-state index in [0.29, 0.717) is 5.69 Å². The molecular formula is C19H18ClF6N3O2. The molecule has 1 aromatic heterocycles. The first kappa shape index (κ1) is 23.2. The second-order valence-corrected chi connectivity index (χ2v) is 7.46. The van der Waals surface area contributed by atoms with Crippen molar-refractivity contribution in [1.82, 2.24) is 15.1 Å². The van der Waals surface area contributed by atoms with E-state index in [0.717, 1.165) is 12.8 Å². The number of alkyl halides is 6. The molecule has 0 radical (unpaired) electrons. The molecule has 1 heterocycles. The van der Waals surface area contributed by atoms with Gasteiger partial charge in [-0.2, -0.15) is 31.4 Å². The van der Waals surface area contributed by atoms with Gasteiger partial charge in [0, 0.05) is 24.6 Å². The lowest BCUT2D eigenvalue weighted by atomic mass is 10.2. The van der Waals surface area contributed by atoms with E-state index in [4.69, 9.17) is 11.6 Å². The minimum Gasteiger partial charge on any atom is -0.484 e. The van der Waals surface area contributed by atoms with Gasteiger partial charge < -0.3 is 10.1 Å². The van der Waals surface area contributed by atoms with Crippen LogP contribution in [0.5, 0.6) is 5.75 Å². The molecule has 0 spiro atoms. The zero-order valence-electron chi connectivity index (χ0n) is 16.0. The van der Waals surface area contributed by atoms with E-state index >= 15 is 0 Å². The third kappa shape index (κ3) is 6.28. The summed E-state index contributed by atoms with van der Waals surface area (Å²) in [6, 6.07) is 5.26. The van der Waals surface area contributed by atoms with Crippen molar-refractivity contribution in [3.8, 4) is 5.75 Å². The number of carbonyl (C=O) groups is 1. The fourth-order valence-electron chi connectivity index (χ4n) is 2.98. The predicted molar refractivity (Wildman–Crippen MR) is 99.2 cm³/mol. The first-order valence-corrected chi connectivity index (χ1v) is 9.74. The van der Waals surface area contributed by atoms with E-state index in [9.17, 15) is 31.1 Å². The van der Waals surface area contributed by atoms with Gasteiger partial charge in [0.25, 0.3) is 5.91 Å². The molecule has 0 unspecified atom stereocenters. The molecular weight excluding hydrogens is 452 g/mol. The number of rotatable bonds is 8. The molecule has 3 rings (SSSR count). The summed E-state index contributed by atoms with van der Waals surface area (Å²) in [6.07, 6.45) is -7.39. The molecule has 31 heavy (non-hydrogen) atoms. The number of aryl methyl sites for hydroxylation is 1. The zero-order chi connectivity index (χ0) is 22.8. The van der Waals surface area contributed by atoms with Gasteiger partial charge in [-0.05, 0) is 37.5 Å². The van der Waals surface area contributed by atoms with Crippen molar-refractivity contribution < 1.29 is 35.9 Å². The van der Waals surface area contributed by atoms with Crippen LogP contribution in [0.1, 0.15) is 46.9 Å². The predicted octanol–water partition coefficient (Wildman–Crippen LogP) is 5.19. The third-order valence-electron chi connectivity index (χ3n) is 4.50. The molecule has 0 saturated heterocycles. The van der Waals surface area contributed by atoms with Crippen LogP contribution in [0, 0.1) is 0 Å². The van der Waals surface area contributed by atoms with Gasteiger partial charge in [0.15, 0.2) is 12.3 Å². The summed E-state index contributed by atoms with van der Waals surface area (Å²) in [5.74, 6) is -0.704. The van der Waals surface area contributed by atoms with Crippen LogP contribution in [-0.4, -0.2) is 35.0 Å². The van der Waals surface area contributed by atoms with Crippen molar-refractivity contribution >= 4 is 17.5 Å². The molecule has 12 heteroatoms. The number of hydrogen-bond acceptors (Lipinski definition) is 3. The van der Waals surface area contributed by atoms with E-state index in [-0.39, 0.29) is 41.8 Å². The van der Waals surface area contributed by atoms with Gasteiger partial charge in [-0.25, -0.2) is 0 Å². The molecule has 0 bridgehead atoms. The first-order chi connectivity index (χ1) is 14.5. The summed E-state index contributed by atoms with van der Waals surface area (Å²) in [5, 5.41) is 5.80. The Morgan fingerprint density at radius 1 is 1.23 bits per heavy atom. The fraction of sp³-hybridized carbons (Fsp3) is 0.474. The monoisotopic (exact) mass is 469 g/mol. The highest BCUT2D eigenvalue weighted by molar-refractivity contribution is 6.32. The van der Waals surface area contributed by atoms with E-state index in [1.807, 2.05) is 0 Å². The normalized spacial score (nSPS) is 14.5. The third-order valence-corrected chi connectivity index (χ3v) is 4.87. The SMILES string of the molecule is O=C(NCCCn1nc(C(F)(F)F)c(Cl)c1C1CC1)c1cccc(OCC(F)(F)F)c1. The number of halogens is 7. The summed E-state index contributed by atoms with van der Waals surface area (Å²) in [4.78, 5) is 12.2. The summed E-state index contributed by atoms with van der Waals surface area (Å²) >= 11 is 5.91. The van der Waals surface area contributed by atoms with E-state index < -0.39 is 30.6 Å². The molecule has 1 aliphatic rings. The standard InChI is InChI=1S/C19H18ClF6N3O2/c20-14-15(11-5-6-11)29(28-16(14)19(24,25)26)8-2-7-27-17(30)12-3-1-4-13(9-12)31-10-18(21,22)23/h1,3-4,9,11H,2,5-8,10H2,(H,27,30). The maximum atomic E-state index is 13.1. The number of nitrogens with one attached hydrogen (secondary N) is 1. The molecule has 1 N–H and O–H groups in total. The van der Waals surface area contributed by atoms with Crippen molar-refractivity contribution in [2.24, 2.45) is 0 Å². The van der Waals surface area contributed by atoms with Gasteiger partial charge in [-0.3, -0.25) is 9.48 Å². The number of nitrogens with zero attached hydrogens (tertiary/aromatic N) is 2. The smallest absolute Gasteiger partial charge is 0.436 e. The molecule has 5 nitrogen and oxygen atoms in total. The van der Waals surface area contributed by atoms with Crippen LogP contribution in [-0.2, 0) is 12.7 Å². The fourth-order valence-corrected chi connectivity index (χ4v) is 3.37. The summed E-state index contributed by atoms with van der Waals surface area (Å²) in [5.41, 5.74) is -0.662. The Hall–Kier alpha value is -2.43. The first-order valence-electron chi connectivity index (χ1n) is 9.37. The van der Waals surface area contributed by atoms with Crippen molar-refractivity contribution in [1.29, 1.82) is 0 Å². The summed E-state index contributed by atoms with van der Waals surface area (Å²) in [6.45, 7) is -1.24. The minimum absolute atomic E-state index is 0.0508. The van der Waals surface area contributed by atoms with E-state index in [1.165, 1.54) is 28.9 Å². The van der Waals surface area contributed by atoms with Crippen molar-refractivity contribution in [2.75, 3.05) is 13.2 Å². The largest absolute Gasteiger partial charge is 0.484 e. The highest BCUT2D eigenvalue weighted by atomic mass is 35.5. The number of amides is 1. The molecule has 170 valence electrons. The average molecular weight is 470 g/mol. The van der Waals surface area contributed by atoms with Gasteiger partial charge in [-0.1, -0.05) is 17.7 Å². The molecule has 1 saturated carbocycles. The number of aromatic nitrogens is 2. The molecule has 1 fully saturated rings. The van der Waals surface area contributed by atoms with E-state index in [2.05, 4.69) is 15.2 Å². The van der Waals surface area contributed by atoms with Crippen molar-refractivity contribution in [3.63, 3.8) is 0 Å². The maximum absolute atomic E-state index is 13.1. The molecule has 0 atom stereocenters. The Balaban J connectivity index is 1.55. The van der Waals surface area contributed by atoms with Crippen LogP contribution in [0.25, 0.3) is 0 Å². The Bertz CT molecular complexity index is 938. The minimum atomic E-state index is -4.65. The lowest BCUT2D eigenvalue weighted by Gasteiger charge is -2.11. The van der Waals surface area contributed by atoms with Crippen molar-refractivity contribution in [3.05, 3.63) is 46.2 Å². The Labute approximate surface area is 178 Å². The zero-order valence-corrected chi connectivity index (χ0v) is 16.7. The van der Waals surface area contributed by atoms with E-state index in [1.54, 1.807) is 0 Å². The molecule has 1 aliphatic carbocycles. The number of carbonyl (C=O) groups excluding carboxylic acids is 1. The molecule has 0 aliphatic heterocycles. The number of benzene rings is 1. The van der Waals surface area contributed by atoms with Crippen LogP contribution in [0.15, 0.2) is 24.3 Å².